The van der Waals surface area contributed by atoms with Gasteiger partial charge in [-0.1, -0.05) is 26.3 Å². The lowest BCUT2D eigenvalue weighted by Gasteiger charge is -2.58. The van der Waals surface area contributed by atoms with E-state index in [0.717, 1.165) is 38.0 Å². The summed E-state index contributed by atoms with van der Waals surface area (Å²) < 4.78 is 11.0. The Morgan fingerprint density at radius 1 is 1.22 bits per heavy atom. The number of carbonyl (C=O) groups is 3. The molecular weight excluding hydrogens is 458 g/mol. The van der Waals surface area contributed by atoms with Gasteiger partial charge in [0.2, 0.25) is 5.78 Å². The number of allylic oxidation sites excluding steroid dienone is 3. The minimum atomic E-state index is -1.66. The van der Waals surface area contributed by atoms with Crippen molar-refractivity contribution >= 4 is 17.5 Å². The summed E-state index contributed by atoms with van der Waals surface area (Å²) in [5.74, 6) is 0.106. The molecule has 4 rings (SSSR count). The number of hydrogen-bond acceptors (Lipinski definition) is 7. The minimum Gasteiger partial charge on any atom is -0.498 e. The maximum atomic E-state index is 14.0. The van der Waals surface area contributed by atoms with Crippen LogP contribution in [0, 0.1) is 28.6 Å². The van der Waals surface area contributed by atoms with Crippen molar-refractivity contribution in [1.29, 1.82) is 0 Å². The molecule has 0 amide bonds. The molecule has 2 fully saturated rings. The van der Waals surface area contributed by atoms with E-state index in [-0.39, 0.29) is 35.4 Å². The summed E-state index contributed by atoms with van der Waals surface area (Å²) in [7, 11) is 4.13. The van der Waals surface area contributed by atoms with Crippen molar-refractivity contribution in [3.8, 4) is 0 Å². The van der Waals surface area contributed by atoms with Gasteiger partial charge in [-0.15, -0.1) is 0 Å². The molecule has 6 atom stereocenters. The topological polar surface area (TPSA) is 93.1 Å². The van der Waals surface area contributed by atoms with Crippen molar-refractivity contribution in [2.45, 2.75) is 78.2 Å². The number of ether oxygens (including phenoxy) is 2. The van der Waals surface area contributed by atoms with Gasteiger partial charge in [0, 0.05) is 43.1 Å². The van der Waals surface area contributed by atoms with Crippen LogP contribution in [0.25, 0.3) is 0 Å². The van der Waals surface area contributed by atoms with E-state index in [9.17, 15) is 19.5 Å². The van der Waals surface area contributed by atoms with Gasteiger partial charge in [0.05, 0.1) is 12.4 Å². The summed E-state index contributed by atoms with van der Waals surface area (Å²) in [5, 5.41) is 11.7. The Labute approximate surface area is 215 Å². The molecule has 2 saturated carbocycles. The molecule has 0 radical (unpaired) electrons. The maximum Gasteiger partial charge on any atom is 0.303 e. The van der Waals surface area contributed by atoms with Crippen LogP contribution >= 0.6 is 0 Å². The largest absolute Gasteiger partial charge is 0.498 e. The molecule has 7 heteroatoms. The molecule has 0 spiro atoms. The van der Waals surface area contributed by atoms with Crippen molar-refractivity contribution < 1.29 is 29.0 Å². The first kappa shape index (κ1) is 27.1. The average Bonchev–Trinajstić information content (AvgIpc) is 3.07. The molecule has 0 aliphatic heterocycles. The maximum absolute atomic E-state index is 14.0. The highest BCUT2D eigenvalue weighted by Gasteiger charge is 2.68. The Hall–Kier alpha value is -1.99. The van der Waals surface area contributed by atoms with Gasteiger partial charge in [-0.2, -0.15) is 0 Å². The molecule has 200 valence electrons. The smallest absolute Gasteiger partial charge is 0.303 e. The van der Waals surface area contributed by atoms with Crippen LogP contribution in [0.3, 0.4) is 0 Å². The van der Waals surface area contributed by atoms with Gasteiger partial charge >= 0.3 is 5.97 Å². The van der Waals surface area contributed by atoms with Gasteiger partial charge in [-0.25, -0.2) is 0 Å². The molecular formula is C29H43NO6. The minimum absolute atomic E-state index is 0.0451. The zero-order valence-electron chi connectivity index (χ0n) is 22.8. The average molecular weight is 502 g/mol. The number of nitrogens with zero attached hydrogens (tertiary/aromatic N) is 1. The highest BCUT2D eigenvalue weighted by Crippen LogP contribution is 2.67. The van der Waals surface area contributed by atoms with Crippen molar-refractivity contribution in [3.63, 3.8) is 0 Å². The van der Waals surface area contributed by atoms with Crippen molar-refractivity contribution in [2.24, 2.45) is 28.6 Å². The quantitative estimate of drug-likeness (QED) is 0.505. The van der Waals surface area contributed by atoms with E-state index in [1.165, 1.54) is 18.1 Å². The van der Waals surface area contributed by atoms with E-state index in [1.807, 2.05) is 6.92 Å². The van der Waals surface area contributed by atoms with E-state index in [4.69, 9.17) is 9.47 Å². The van der Waals surface area contributed by atoms with E-state index >= 15 is 0 Å². The van der Waals surface area contributed by atoms with Crippen LogP contribution in [-0.2, 0) is 23.9 Å². The van der Waals surface area contributed by atoms with Crippen molar-refractivity contribution in [1.82, 2.24) is 4.90 Å². The summed E-state index contributed by atoms with van der Waals surface area (Å²) in [6, 6.07) is 0. The lowest BCUT2D eigenvalue weighted by Crippen LogP contribution is -2.61. The summed E-state index contributed by atoms with van der Waals surface area (Å²) in [4.78, 5) is 40.6. The zero-order chi connectivity index (χ0) is 26.5. The fourth-order valence-corrected chi connectivity index (χ4v) is 8.03. The molecule has 36 heavy (non-hydrogen) atoms. The van der Waals surface area contributed by atoms with Crippen LogP contribution in [0.15, 0.2) is 23.0 Å². The van der Waals surface area contributed by atoms with Crippen LogP contribution in [0.5, 0.6) is 0 Å². The molecule has 7 nitrogen and oxygen atoms in total. The van der Waals surface area contributed by atoms with E-state index in [0.29, 0.717) is 19.4 Å². The molecule has 0 aromatic heterocycles. The Kier molecular flexibility index (Phi) is 7.30. The van der Waals surface area contributed by atoms with Crippen molar-refractivity contribution in [2.75, 3.05) is 33.9 Å². The molecule has 4 aliphatic rings. The summed E-state index contributed by atoms with van der Waals surface area (Å²) in [5.41, 5.74) is -0.215. The third-order valence-electron chi connectivity index (χ3n) is 9.64. The molecule has 0 saturated heterocycles. The second-order valence-corrected chi connectivity index (χ2v) is 12.2. The fraction of sp³-hybridized carbons (Fsp3) is 0.759. The number of ketones is 2. The van der Waals surface area contributed by atoms with Gasteiger partial charge < -0.3 is 19.5 Å². The number of esters is 1. The van der Waals surface area contributed by atoms with Gasteiger partial charge in [0.1, 0.15) is 11.4 Å². The monoisotopic (exact) mass is 501 g/mol. The number of aliphatic hydroxyl groups is 1. The van der Waals surface area contributed by atoms with Crippen LogP contribution in [0.1, 0.15) is 72.6 Å². The number of rotatable bonds is 8. The second-order valence-electron chi connectivity index (χ2n) is 12.2. The predicted octanol–water partition coefficient (Wildman–Crippen LogP) is 3.84. The molecule has 4 aliphatic carbocycles. The van der Waals surface area contributed by atoms with Crippen LogP contribution in [-0.4, -0.2) is 67.0 Å². The molecule has 1 N–H and O–H groups in total. The highest BCUT2D eigenvalue weighted by molar-refractivity contribution is 5.93. The second kappa shape index (κ2) is 9.71. The number of carbonyl (C=O) groups excluding carboxylic acids is 3. The predicted molar refractivity (Wildman–Crippen MR) is 136 cm³/mol. The van der Waals surface area contributed by atoms with E-state index in [2.05, 4.69) is 38.9 Å². The third kappa shape index (κ3) is 4.26. The summed E-state index contributed by atoms with van der Waals surface area (Å²) in [6.07, 6.45) is 6.80. The SMILES string of the molecule is CCCOC1=CC2=C(CN(C)C)C[C@@H]3[C@H](C(=O)C[C@@]4(C)[C@H]3CC[C@]4(O)C(=O)COC(C)=O)[C@@]2(C)CC1. The third-order valence-corrected chi connectivity index (χ3v) is 9.64. The number of fused-ring (bicyclic) bond motifs is 5. The lowest BCUT2D eigenvalue weighted by molar-refractivity contribution is -0.172. The summed E-state index contributed by atoms with van der Waals surface area (Å²) in [6.45, 7) is 8.57. The van der Waals surface area contributed by atoms with Crippen LogP contribution < -0.4 is 0 Å². The lowest BCUT2D eigenvalue weighted by atomic mass is 9.46. The molecule has 0 bridgehead atoms. The first-order chi connectivity index (χ1) is 16.9. The first-order valence-corrected chi connectivity index (χ1v) is 13.5. The fourth-order valence-electron chi connectivity index (χ4n) is 8.03. The number of Topliss-reactive ketones (excluding diaryl/α,β-unsaturated/α-hetero) is 2. The van der Waals surface area contributed by atoms with Gasteiger partial charge in [-0.05, 0) is 69.7 Å². The van der Waals surface area contributed by atoms with Gasteiger partial charge in [0.15, 0.2) is 6.61 Å². The Morgan fingerprint density at radius 3 is 2.58 bits per heavy atom. The van der Waals surface area contributed by atoms with E-state index < -0.39 is 29.4 Å². The summed E-state index contributed by atoms with van der Waals surface area (Å²) >= 11 is 0. The van der Waals surface area contributed by atoms with Crippen LogP contribution in [0.4, 0.5) is 0 Å². The molecule has 0 aromatic carbocycles. The van der Waals surface area contributed by atoms with E-state index in [1.54, 1.807) is 0 Å². The Bertz CT molecular complexity index is 998. The normalized spacial score (nSPS) is 37.7. The van der Waals surface area contributed by atoms with Crippen molar-refractivity contribution in [3.05, 3.63) is 23.0 Å². The molecule has 0 heterocycles. The number of likely N-dealkylation sites (N-methyl/N-ethyl adjacent to an activating group) is 1. The number of hydrogen-bond donors (Lipinski definition) is 1. The zero-order valence-corrected chi connectivity index (χ0v) is 22.8. The molecule has 0 aromatic rings. The van der Waals surface area contributed by atoms with Gasteiger partial charge in [-0.3, -0.25) is 14.4 Å². The Balaban J connectivity index is 1.73. The van der Waals surface area contributed by atoms with Gasteiger partial charge in [0.25, 0.3) is 0 Å². The standard InChI is InChI=1S/C29H43NO6/c1-7-12-35-20-8-10-27(3)23(14-20)19(16-30(5)6)13-21-22-9-11-29(34,25(33)17-36-18(2)31)28(22,4)15-24(32)26(21)27/h14,21-22,26,34H,7-13,15-17H2,1-6H3/t21-,22-,26+,27-,28-,29-/m0/s1. The highest BCUT2D eigenvalue weighted by atomic mass is 16.5. The van der Waals surface area contributed by atoms with Crippen LogP contribution in [0.2, 0.25) is 0 Å². The Morgan fingerprint density at radius 2 is 1.94 bits per heavy atom. The molecule has 0 unspecified atom stereocenters. The first-order valence-electron chi connectivity index (χ1n) is 13.5.